The lowest BCUT2D eigenvalue weighted by Crippen LogP contribution is -2.40. The van der Waals surface area contributed by atoms with Gasteiger partial charge in [0.25, 0.3) is 0 Å². The lowest BCUT2D eigenvalue weighted by atomic mass is 9.75. The van der Waals surface area contributed by atoms with Gasteiger partial charge in [-0.05, 0) is 27.2 Å². The first-order chi connectivity index (χ1) is 13.8. The first-order valence-electron chi connectivity index (χ1n) is 10.4. The van der Waals surface area contributed by atoms with E-state index in [-0.39, 0.29) is 17.7 Å². The van der Waals surface area contributed by atoms with Gasteiger partial charge in [0.05, 0.1) is 34.7 Å². The molecule has 2 aromatic rings. The fraction of sp³-hybridized carbons (Fsp3) is 0.619. The molecule has 0 aromatic carbocycles. The van der Waals surface area contributed by atoms with E-state index >= 15 is 0 Å². The second-order valence-corrected chi connectivity index (χ2v) is 9.57. The van der Waals surface area contributed by atoms with Gasteiger partial charge in [0.15, 0.2) is 0 Å². The number of carbonyl (C=O) groups excluding carboxylic acids is 2. The summed E-state index contributed by atoms with van der Waals surface area (Å²) in [4.78, 5) is 39.1. The molecular formula is C21H29N5O2S. The van der Waals surface area contributed by atoms with Crippen LogP contribution in [0.25, 0.3) is 0 Å². The lowest BCUT2D eigenvalue weighted by molar-refractivity contribution is -0.137. The average molecular weight is 416 g/mol. The Morgan fingerprint density at radius 2 is 2.21 bits per heavy atom. The van der Waals surface area contributed by atoms with Crippen LogP contribution < -0.4 is 0 Å². The van der Waals surface area contributed by atoms with Crippen molar-refractivity contribution in [2.45, 2.75) is 59.0 Å². The van der Waals surface area contributed by atoms with Crippen LogP contribution in [0.5, 0.6) is 0 Å². The highest BCUT2D eigenvalue weighted by Crippen LogP contribution is 2.50. The van der Waals surface area contributed by atoms with Crippen LogP contribution in [0.4, 0.5) is 0 Å². The summed E-state index contributed by atoms with van der Waals surface area (Å²) in [5, 5.41) is 3.04. The predicted octanol–water partition coefficient (Wildman–Crippen LogP) is 2.98. The third kappa shape index (κ3) is 3.47. The molecule has 8 heteroatoms. The molecule has 7 nitrogen and oxygen atoms in total. The first kappa shape index (κ1) is 20.1. The zero-order valence-electron chi connectivity index (χ0n) is 17.6. The highest BCUT2D eigenvalue weighted by molar-refractivity contribution is 7.09. The molecule has 29 heavy (non-hydrogen) atoms. The van der Waals surface area contributed by atoms with Crippen molar-refractivity contribution in [3.05, 3.63) is 34.3 Å². The van der Waals surface area contributed by atoms with E-state index < -0.39 is 5.41 Å². The van der Waals surface area contributed by atoms with E-state index in [1.807, 2.05) is 35.4 Å². The molecule has 0 aliphatic carbocycles. The normalized spacial score (nSPS) is 24.4. The van der Waals surface area contributed by atoms with Crippen LogP contribution >= 0.6 is 11.3 Å². The molecule has 4 heterocycles. The van der Waals surface area contributed by atoms with Crippen LogP contribution in [-0.4, -0.2) is 55.8 Å². The molecule has 2 amide bonds. The highest BCUT2D eigenvalue weighted by atomic mass is 32.1. The Morgan fingerprint density at radius 1 is 1.41 bits per heavy atom. The summed E-state index contributed by atoms with van der Waals surface area (Å²) < 4.78 is 2.07. The molecule has 2 fully saturated rings. The molecule has 2 saturated heterocycles. The Balaban J connectivity index is 1.64. The molecule has 2 aromatic heterocycles. The molecule has 0 radical (unpaired) electrons. The Bertz CT molecular complexity index is 920. The number of aryl methyl sites for hydroxylation is 1. The van der Waals surface area contributed by atoms with Gasteiger partial charge in [0.2, 0.25) is 11.8 Å². The second-order valence-electron chi connectivity index (χ2n) is 8.51. The van der Waals surface area contributed by atoms with E-state index in [0.29, 0.717) is 38.6 Å². The van der Waals surface area contributed by atoms with Gasteiger partial charge >= 0.3 is 0 Å². The van der Waals surface area contributed by atoms with Crippen molar-refractivity contribution >= 4 is 23.2 Å². The van der Waals surface area contributed by atoms with Crippen molar-refractivity contribution in [3.8, 4) is 0 Å². The Hall–Kier alpha value is -2.22. The standard InChI is InChI=1S/C21H29N5O2S/c1-5-19(27)25-9-17(18-10-26(13-22-18)14(2)3)21(12-25)6-7-24(20(21)28)8-16-11-29-15(4)23-16/h10-11,13-14,17H,5-9,12H2,1-4H3/t17-,21+/m1/s1. The maximum absolute atomic E-state index is 13.7. The van der Waals surface area contributed by atoms with Gasteiger partial charge in [0, 0.05) is 49.6 Å². The maximum atomic E-state index is 13.7. The van der Waals surface area contributed by atoms with Gasteiger partial charge in [-0.15, -0.1) is 11.3 Å². The van der Waals surface area contributed by atoms with Crippen molar-refractivity contribution in [1.29, 1.82) is 0 Å². The topological polar surface area (TPSA) is 71.3 Å². The molecular weight excluding hydrogens is 386 g/mol. The van der Waals surface area contributed by atoms with Crippen LogP contribution in [0.1, 0.15) is 62.0 Å². The van der Waals surface area contributed by atoms with Crippen molar-refractivity contribution in [1.82, 2.24) is 24.3 Å². The molecule has 2 aliphatic heterocycles. The van der Waals surface area contributed by atoms with E-state index in [1.54, 1.807) is 11.3 Å². The summed E-state index contributed by atoms with van der Waals surface area (Å²) >= 11 is 1.61. The number of nitrogens with zero attached hydrogens (tertiary/aromatic N) is 5. The molecule has 156 valence electrons. The zero-order valence-corrected chi connectivity index (χ0v) is 18.4. The SMILES string of the molecule is CCC(=O)N1C[C@H](c2cn(C(C)C)cn2)[C@]2(CCN(Cc3csc(C)n3)C2=O)C1. The van der Waals surface area contributed by atoms with E-state index in [2.05, 4.69) is 34.6 Å². The van der Waals surface area contributed by atoms with E-state index in [1.165, 1.54) is 0 Å². The molecule has 2 aliphatic rings. The second kappa shape index (κ2) is 7.55. The van der Waals surface area contributed by atoms with Gasteiger partial charge in [0.1, 0.15) is 0 Å². The Labute approximate surface area is 175 Å². The van der Waals surface area contributed by atoms with Gasteiger partial charge in [-0.1, -0.05) is 6.92 Å². The summed E-state index contributed by atoms with van der Waals surface area (Å²) in [6.45, 7) is 10.4. The molecule has 0 bridgehead atoms. The minimum Gasteiger partial charge on any atom is -0.341 e. The van der Waals surface area contributed by atoms with Crippen LogP contribution in [0, 0.1) is 12.3 Å². The number of aromatic nitrogens is 3. The van der Waals surface area contributed by atoms with Gasteiger partial charge in [-0.2, -0.15) is 0 Å². The third-order valence-corrected chi connectivity index (χ3v) is 7.16. The number of thiazole rings is 1. The molecule has 0 saturated carbocycles. The Morgan fingerprint density at radius 3 is 2.83 bits per heavy atom. The number of hydrogen-bond donors (Lipinski definition) is 0. The quantitative estimate of drug-likeness (QED) is 0.753. The highest BCUT2D eigenvalue weighted by Gasteiger charge is 2.58. The van der Waals surface area contributed by atoms with Gasteiger partial charge in [-0.25, -0.2) is 9.97 Å². The van der Waals surface area contributed by atoms with Crippen LogP contribution in [0.3, 0.4) is 0 Å². The largest absolute Gasteiger partial charge is 0.341 e. The number of rotatable bonds is 5. The van der Waals surface area contributed by atoms with Crippen molar-refractivity contribution in [3.63, 3.8) is 0 Å². The molecule has 0 N–H and O–H groups in total. The molecule has 4 rings (SSSR count). The van der Waals surface area contributed by atoms with Crippen molar-refractivity contribution < 1.29 is 9.59 Å². The van der Waals surface area contributed by atoms with Crippen molar-refractivity contribution in [2.75, 3.05) is 19.6 Å². The van der Waals surface area contributed by atoms with Crippen LogP contribution in [0.15, 0.2) is 17.9 Å². The number of hydrogen-bond acceptors (Lipinski definition) is 5. The summed E-state index contributed by atoms with van der Waals surface area (Å²) in [6.07, 6.45) is 5.10. The van der Waals surface area contributed by atoms with Crippen molar-refractivity contribution in [2.24, 2.45) is 5.41 Å². The maximum Gasteiger partial charge on any atom is 0.231 e. The monoisotopic (exact) mass is 415 g/mol. The number of likely N-dealkylation sites (tertiary alicyclic amines) is 2. The fourth-order valence-electron chi connectivity index (χ4n) is 4.67. The fourth-order valence-corrected chi connectivity index (χ4v) is 5.27. The Kier molecular flexibility index (Phi) is 5.23. The van der Waals surface area contributed by atoms with Crippen LogP contribution in [0.2, 0.25) is 0 Å². The minimum absolute atomic E-state index is 0.0623. The lowest BCUT2D eigenvalue weighted by Gasteiger charge is -2.27. The summed E-state index contributed by atoms with van der Waals surface area (Å²) in [7, 11) is 0. The van der Waals surface area contributed by atoms with E-state index in [0.717, 1.165) is 22.8 Å². The summed E-state index contributed by atoms with van der Waals surface area (Å²) in [5.74, 6) is 0.183. The van der Waals surface area contributed by atoms with Gasteiger partial charge in [-0.3, -0.25) is 9.59 Å². The number of carbonyl (C=O) groups is 2. The number of amides is 2. The molecule has 0 unspecified atom stereocenters. The van der Waals surface area contributed by atoms with Gasteiger partial charge < -0.3 is 14.4 Å². The van der Waals surface area contributed by atoms with E-state index in [4.69, 9.17) is 0 Å². The van der Waals surface area contributed by atoms with E-state index in [9.17, 15) is 9.59 Å². The molecule has 2 atom stereocenters. The molecule has 1 spiro atoms. The summed E-state index contributed by atoms with van der Waals surface area (Å²) in [5.41, 5.74) is 1.29. The van der Waals surface area contributed by atoms with Crippen LogP contribution in [-0.2, 0) is 16.1 Å². The smallest absolute Gasteiger partial charge is 0.231 e. The summed E-state index contributed by atoms with van der Waals surface area (Å²) in [6, 6.07) is 0.311. The average Bonchev–Trinajstić information content (AvgIpc) is 3.46. The first-order valence-corrected chi connectivity index (χ1v) is 11.2. The minimum atomic E-state index is -0.577. The zero-order chi connectivity index (χ0) is 20.8. The third-order valence-electron chi connectivity index (χ3n) is 6.33. The predicted molar refractivity (Wildman–Crippen MR) is 112 cm³/mol. The number of imidazole rings is 1.